The zero-order valence-corrected chi connectivity index (χ0v) is 16.7. The monoisotopic (exact) mass is 344 g/mol. The van der Waals surface area contributed by atoms with Crippen LogP contribution in [0.15, 0.2) is 34.4 Å². The molecule has 0 aromatic rings. The number of hydrogen-bond donors (Lipinski definition) is 0. The maximum atomic E-state index is 5.95. The molecule has 0 nitrogen and oxygen atoms in total. The van der Waals surface area contributed by atoms with E-state index in [0.717, 1.165) is 29.4 Å². The molecule has 0 amide bonds. The van der Waals surface area contributed by atoms with E-state index in [1.807, 2.05) is 13.0 Å². The van der Waals surface area contributed by atoms with Gasteiger partial charge in [0, 0.05) is 10.1 Å². The first-order chi connectivity index (χ1) is 10.3. The molecule has 0 aliphatic heterocycles. The van der Waals surface area contributed by atoms with Gasteiger partial charge in [-0.3, -0.25) is 0 Å². The van der Waals surface area contributed by atoms with Crippen molar-refractivity contribution >= 4 is 23.2 Å². The van der Waals surface area contributed by atoms with E-state index in [0.29, 0.717) is 10.4 Å². The van der Waals surface area contributed by atoms with Gasteiger partial charge in [0.15, 0.2) is 0 Å². The summed E-state index contributed by atoms with van der Waals surface area (Å²) >= 11 is 11.9. The highest BCUT2D eigenvalue weighted by Gasteiger charge is 2.25. The van der Waals surface area contributed by atoms with Crippen LogP contribution in [0.1, 0.15) is 79.6 Å². The molecule has 22 heavy (non-hydrogen) atoms. The van der Waals surface area contributed by atoms with Crippen molar-refractivity contribution in [1.82, 2.24) is 0 Å². The first kappa shape index (κ1) is 21.8. The minimum Gasteiger partial charge on any atom is -0.0976 e. The van der Waals surface area contributed by atoms with Crippen LogP contribution in [-0.4, -0.2) is 0 Å². The van der Waals surface area contributed by atoms with Crippen molar-refractivity contribution in [2.75, 3.05) is 0 Å². The summed E-state index contributed by atoms with van der Waals surface area (Å²) < 4.78 is 0. The van der Waals surface area contributed by atoms with Gasteiger partial charge in [0.1, 0.15) is 0 Å². The summed E-state index contributed by atoms with van der Waals surface area (Å²) in [5.41, 5.74) is 1.64. The third-order valence-corrected chi connectivity index (χ3v) is 5.37. The predicted molar refractivity (Wildman–Crippen MR) is 104 cm³/mol. The molecule has 0 heterocycles. The molecule has 0 aromatic carbocycles. The molecule has 1 aliphatic rings. The van der Waals surface area contributed by atoms with E-state index in [1.165, 1.54) is 32.1 Å². The van der Waals surface area contributed by atoms with Gasteiger partial charge < -0.3 is 0 Å². The average Bonchev–Trinajstić information content (AvgIpc) is 2.52. The molecule has 1 fully saturated rings. The van der Waals surface area contributed by atoms with Gasteiger partial charge in [-0.15, -0.1) is 0 Å². The van der Waals surface area contributed by atoms with E-state index in [1.54, 1.807) is 6.08 Å². The lowest BCUT2D eigenvalue weighted by atomic mass is 9.72. The fourth-order valence-electron chi connectivity index (χ4n) is 2.77. The maximum Gasteiger partial charge on any atom is 0.0446 e. The molecule has 0 saturated heterocycles. The van der Waals surface area contributed by atoms with Crippen LogP contribution in [0.2, 0.25) is 0 Å². The Hall–Kier alpha value is -0.200. The van der Waals surface area contributed by atoms with Crippen molar-refractivity contribution in [3.05, 3.63) is 34.4 Å². The quantitative estimate of drug-likeness (QED) is 0.440. The highest BCUT2D eigenvalue weighted by atomic mass is 35.5. The van der Waals surface area contributed by atoms with E-state index in [4.69, 9.17) is 23.2 Å². The van der Waals surface area contributed by atoms with E-state index in [-0.39, 0.29) is 0 Å². The van der Waals surface area contributed by atoms with Crippen molar-refractivity contribution in [1.29, 1.82) is 0 Å². The summed E-state index contributed by atoms with van der Waals surface area (Å²) in [6.07, 6.45) is 12.6. The topological polar surface area (TPSA) is 0 Å². The molecule has 1 aliphatic carbocycles. The Morgan fingerprint density at radius 3 is 2.09 bits per heavy atom. The number of allylic oxidation sites excluding steroid dienone is 5. The molecular weight excluding hydrogens is 311 g/mol. The Bertz CT molecular complexity index is 379. The summed E-state index contributed by atoms with van der Waals surface area (Å²) in [6, 6.07) is 0. The van der Waals surface area contributed by atoms with Gasteiger partial charge in [-0.25, -0.2) is 0 Å². The number of hydrogen-bond acceptors (Lipinski definition) is 0. The van der Waals surface area contributed by atoms with Gasteiger partial charge in [0.05, 0.1) is 0 Å². The fourth-order valence-corrected chi connectivity index (χ4v) is 3.21. The highest BCUT2D eigenvalue weighted by Crippen LogP contribution is 2.38. The van der Waals surface area contributed by atoms with Crippen molar-refractivity contribution in [3.63, 3.8) is 0 Å². The molecule has 1 rings (SSSR count). The summed E-state index contributed by atoms with van der Waals surface area (Å²) in [4.78, 5) is 0. The van der Waals surface area contributed by atoms with Gasteiger partial charge in [-0.05, 0) is 55.9 Å². The zero-order chi connectivity index (χ0) is 17.2. The van der Waals surface area contributed by atoms with Crippen molar-refractivity contribution in [2.45, 2.75) is 79.6 Å². The normalized spacial score (nSPS) is 19.9. The third kappa shape index (κ3) is 8.44. The van der Waals surface area contributed by atoms with E-state index in [2.05, 4.69) is 34.3 Å². The van der Waals surface area contributed by atoms with Gasteiger partial charge >= 0.3 is 0 Å². The number of rotatable bonds is 5. The Kier molecular flexibility index (Phi) is 11.3. The standard InChI is InChI=1S/C10H14Cl2.C10H20/c1-4-7-8(9(11)5-2)10(12)6-3;1-4-9-5-7-10(2,3)8-6-9/h5-6H,2,4,7H2,1,3H3;9H,4-8H2,1-3H3/b9-8+,10-6+;. The van der Waals surface area contributed by atoms with Crippen LogP contribution in [0.5, 0.6) is 0 Å². The molecule has 0 N–H and O–H groups in total. The van der Waals surface area contributed by atoms with Crippen LogP contribution in [0.3, 0.4) is 0 Å². The summed E-state index contributed by atoms with van der Waals surface area (Å²) in [7, 11) is 0. The molecule has 2 heteroatoms. The van der Waals surface area contributed by atoms with Gasteiger partial charge in [0.25, 0.3) is 0 Å². The van der Waals surface area contributed by atoms with Crippen LogP contribution in [0, 0.1) is 11.3 Å². The second kappa shape index (κ2) is 11.4. The Morgan fingerprint density at radius 2 is 1.73 bits per heavy atom. The summed E-state index contributed by atoms with van der Waals surface area (Å²) in [5, 5.41) is 1.38. The minimum atomic E-state index is 0.653. The van der Waals surface area contributed by atoms with Gasteiger partial charge in [0.2, 0.25) is 0 Å². The fraction of sp³-hybridized carbons (Fsp3) is 0.700. The van der Waals surface area contributed by atoms with E-state index < -0.39 is 0 Å². The molecule has 128 valence electrons. The van der Waals surface area contributed by atoms with E-state index >= 15 is 0 Å². The Balaban J connectivity index is 0.000000406. The lowest BCUT2D eigenvalue weighted by Gasteiger charge is -2.33. The second-order valence-electron chi connectivity index (χ2n) is 6.93. The SMILES string of the molecule is C=C/C(Cl)=C(CCC)\C(Cl)=C/C.CCC1CCC(C)(C)CC1. The molecule has 1 saturated carbocycles. The molecule has 0 bridgehead atoms. The van der Waals surface area contributed by atoms with Crippen molar-refractivity contribution in [2.24, 2.45) is 11.3 Å². The lowest BCUT2D eigenvalue weighted by Crippen LogP contribution is -2.20. The summed E-state index contributed by atoms with van der Waals surface area (Å²) in [5.74, 6) is 1.05. The second-order valence-corrected chi connectivity index (χ2v) is 7.75. The van der Waals surface area contributed by atoms with Crippen LogP contribution < -0.4 is 0 Å². The molecule has 0 unspecified atom stereocenters. The molecule has 0 aromatic heterocycles. The predicted octanol–water partition coefficient (Wildman–Crippen LogP) is 8.22. The highest BCUT2D eigenvalue weighted by molar-refractivity contribution is 6.36. The Labute approximate surface area is 148 Å². The van der Waals surface area contributed by atoms with Crippen LogP contribution >= 0.6 is 23.2 Å². The minimum absolute atomic E-state index is 0.653. The van der Waals surface area contributed by atoms with Crippen LogP contribution in [-0.2, 0) is 0 Å². The third-order valence-electron chi connectivity index (χ3n) is 4.55. The van der Waals surface area contributed by atoms with Crippen molar-refractivity contribution in [3.8, 4) is 0 Å². The maximum absolute atomic E-state index is 5.95. The zero-order valence-electron chi connectivity index (χ0n) is 15.1. The van der Waals surface area contributed by atoms with Crippen molar-refractivity contribution < 1.29 is 0 Å². The van der Waals surface area contributed by atoms with Gasteiger partial charge in [-0.2, -0.15) is 0 Å². The average molecular weight is 345 g/mol. The lowest BCUT2D eigenvalue weighted by molar-refractivity contribution is 0.188. The molecule has 0 radical (unpaired) electrons. The van der Waals surface area contributed by atoms with Crippen LogP contribution in [0.25, 0.3) is 0 Å². The molecular formula is C20H34Cl2. The number of halogens is 2. The summed E-state index contributed by atoms with van der Waals surface area (Å²) in [6.45, 7) is 14.7. The Morgan fingerprint density at radius 1 is 1.18 bits per heavy atom. The van der Waals surface area contributed by atoms with E-state index in [9.17, 15) is 0 Å². The first-order valence-electron chi connectivity index (χ1n) is 8.64. The first-order valence-corrected chi connectivity index (χ1v) is 9.40. The van der Waals surface area contributed by atoms with Gasteiger partial charge in [-0.1, -0.05) is 82.5 Å². The largest absolute Gasteiger partial charge is 0.0976 e. The molecule has 0 spiro atoms. The molecule has 0 atom stereocenters. The van der Waals surface area contributed by atoms with Crippen LogP contribution in [0.4, 0.5) is 0 Å². The smallest absolute Gasteiger partial charge is 0.0446 e.